The molecule has 0 fully saturated rings. The second-order valence-electron chi connectivity index (χ2n) is 4.89. The Kier molecular flexibility index (Phi) is 5.24. The summed E-state index contributed by atoms with van der Waals surface area (Å²) in [6, 6.07) is 6.80. The van der Waals surface area contributed by atoms with Crippen molar-refractivity contribution >= 4 is 0 Å². The molecule has 0 aliphatic heterocycles. The molecule has 1 heterocycles. The molecule has 0 saturated carbocycles. The predicted molar refractivity (Wildman–Crippen MR) is 75.0 cm³/mol. The second-order valence-corrected chi connectivity index (χ2v) is 4.89. The van der Waals surface area contributed by atoms with Gasteiger partial charge in [-0.2, -0.15) is 4.98 Å². The van der Waals surface area contributed by atoms with Gasteiger partial charge in [0.15, 0.2) is 5.82 Å². The highest BCUT2D eigenvalue weighted by Gasteiger charge is 2.12. The van der Waals surface area contributed by atoms with Gasteiger partial charge in [0.2, 0.25) is 5.89 Å². The monoisotopic (exact) mass is 277 g/mol. The molecule has 1 aromatic heterocycles. The highest BCUT2D eigenvalue weighted by atomic mass is 19.1. The van der Waals surface area contributed by atoms with Crippen molar-refractivity contribution in [1.82, 2.24) is 15.5 Å². The Labute approximate surface area is 118 Å². The third-order valence-electron chi connectivity index (χ3n) is 3.23. The third kappa shape index (κ3) is 4.13. The number of benzene rings is 1. The fourth-order valence-corrected chi connectivity index (χ4v) is 2.18. The second kappa shape index (κ2) is 7.14. The zero-order valence-electron chi connectivity index (χ0n) is 11.9. The minimum absolute atomic E-state index is 0.246. The van der Waals surface area contributed by atoms with Crippen LogP contribution in [0.15, 0.2) is 28.8 Å². The van der Waals surface area contributed by atoms with E-state index >= 15 is 0 Å². The SMILES string of the molecule is CCCC(Cc1nc(Cc2cccc(F)c2)no1)NC. The lowest BCUT2D eigenvalue weighted by molar-refractivity contribution is 0.352. The highest BCUT2D eigenvalue weighted by Crippen LogP contribution is 2.10. The number of nitrogens with zero attached hydrogens (tertiary/aromatic N) is 2. The van der Waals surface area contributed by atoms with Crippen LogP contribution >= 0.6 is 0 Å². The largest absolute Gasteiger partial charge is 0.339 e. The van der Waals surface area contributed by atoms with E-state index < -0.39 is 0 Å². The molecule has 0 spiro atoms. The smallest absolute Gasteiger partial charge is 0.228 e. The van der Waals surface area contributed by atoms with Crippen LogP contribution in [0.5, 0.6) is 0 Å². The van der Waals surface area contributed by atoms with Gasteiger partial charge in [-0.1, -0.05) is 30.6 Å². The molecule has 0 bridgehead atoms. The van der Waals surface area contributed by atoms with Crippen molar-refractivity contribution in [2.45, 2.75) is 38.6 Å². The molecule has 2 aromatic rings. The van der Waals surface area contributed by atoms with Gasteiger partial charge in [-0.05, 0) is 31.2 Å². The minimum atomic E-state index is -0.246. The fourth-order valence-electron chi connectivity index (χ4n) is 2.18. The van der Waals surface area contributed by atoms with Crippen LogP contribution in [0, 0.1) is 5.82 Å². The van der Waals surface area contributed by atoms with Gasteiger partial charge < -0.3 is 9.84 Å². The summed E-state index contributed by atoms with van der Waals surface area (Å²) < 4.78 is 18.4. The standard InChI is InChI=1S/C15H20FN3O/c1-3-5-13(17-2)10-15-18-14(19-20-15)9-11-6-4-7-12(16)8-11/h4,6-8,13,17H,3,5,9-10H2,1-2H3. The first-order valence-electron chi connectivity index (χ1n) is 6.94. The molecular formula is C15H20FN3O. The lowest BCUT2D eigenvalue weighted by Crippen LogP contribution is -2.27. The van der Waals surface area contributed by atoms with Gasteiger partial charge in [0.25, 0.3) is 0 Å². The zero-order chi connectivity index (χ0) is 14.4. The molecule has 0 aliphatic rings. The van der Waals surface area contributed by atoms with Gasteiger partial charge in [-0.3, -0.25) is 0 Å². The van der Waals surface area contributed by atoms with Crippen molar-refractivity contribution in [2.24, 2.45) is 0 Å². The van der Waals surface area contributed by atoms with Gasteiger partial charge in [0, 0.05) is 18.9 Å². The van der Waals surface area contributed by atoms with Crippen LogP contribution in [0.3, 0.4) is 0 Å². The summed E-state index contributed by atoms with van der Waals surface area (Å²) in [5.41, 5.74) is 0.844. The summed E-state index contributed by atoms with van der Waals surface area (Å²) in [5, 5.41) is 7.19. The van der Waals surface area contributed by atoms with E-state index in [1.54, 1.807) is 6.07 Å². The van der Waals surface area contributed by atoms with Crippen LogP contribution in [-0.4, -0.2) is 23.2 Å². The van der Waals surface area contributed by atoms with Gasteiger partial charge in [0.05, 0.1) is 0 Å². The summed E-state index contributed by atoms with van der Waals surface area (Å²) in [4.78, 5) is 4.36. The zero-order valence-corrected chi connectivity index (χ0v) is 11.9. The molecular weight excluding hydrogens is 257 g/mol. The van der Waals surface area contributed by atoms with E-state index in [1.165, 1.54) is 12.1 Å². The summed E-state index contributed by atoms with van der Waals surface area (Å²) in [7, 11) is 1.93. The number of aromatic nitrogens is 2. The molecule has 1 N–H and O–H groups in total. The van der Waals surface area contributed by atoms with Crippen LogP contribution in [0.1, 0.15) is 37.0 Å². The minimum Gasteiger partial charge on any atom is -0.339 e. The third-order valence-corrected chi connectivity index (χ3v) is 3.23. The number of likely N-dealkylation sites (N-methyl/N-ethyl adjacent to an activating group) is 1. The molecule has 5 heteroatoms. The topological polar surface area (TPSA) is 51.0 Å². The Morgan fingerprint density at radius 2 is 2.25 bits per heavy atom. The van der Waals surface area contributed by atoms with Crippen molar-refractivity contribution in [3.8, 4) is 0 Å². The van der Waals surface area contributed by atoms with Crippen molar-refractivity contribution in [3.63, 3.8) is 0 Å². The Balaban J connectivity index is 1.98. The van der Waals surface area contributed by atoms with Crippen molar-refractivity contribution < 1.29 is 8.91 Å². The highest BCUT2D eigenvalue weighted by molar-refractivity contribution is 5.19. The Bertz CT molecular complexity index is 541. The van der Waals surface area contributed by atoms with Gasteiger partial charge >= 0.3 is 0 Å². The van der Waals surface area contributed by atoms with Crippen molar-refractivity contribution in [2.75, 3.05) is 7.05 Å². The number of hydrogen-bond donors (Lipinski definition) is 1. The van der Waals surface area contributed by atoms with Crippen LogP contribution in [0.25, 0.3) is 0 Å². The summed E-state index contributed by atoms with van der Waals surface area (Å²) in [6.07, 6.45) is 3.38. The lowest BCUT2D eigenvalue weighted by atomic mass is 10.1. The molecule has 108 valence electrons. The molecule has 20 heavy (non-hydrogen) atoms. The summed E-state index contributed by atoms with van der Waals surface area (Å²) in [6.45, 7) is 2.15. The van der Waals surface area contributed by atoms with E-state index in [1.807, 2.05) is 13.1 Å². The normalized spacial score (nSPS) is 12.6. The summed E-state index contributed by atoms with van der Waals surface area (Å²) in [5.74, 6) is 0.977. The van der Waals surface area contributed by atoms with Gasteiger partial charge in [-0.25, -0.2) is 4.39 Å². The van der Waals surface area contributed by atoms with E-state index in [4.69, 9.17) is 4.52 Å². The maximum Gasteiger partial charge on any atom is 0.228 e. The van der Waals surface area contributed by atoms with Gasteiger partial charge in [0.1, 0.15) is 5.82 Å². The van der Waals surface area contributed by atoms with E-state index in [-0.39, 0.29) is 5.82 Å². The van der Waals surface area contributed by atoms with Crippen LogP contribution in [-0.2, 0) is 12.8 Å². The van der Waals surface area contributed by atoms with Crippen molar-refractivity contribution in [3.05, 3.63) is 47.4 Å². The van der Waals surface area contributed by atoms with E-state index in [0.29, 0.717) is 24.2 Å². The molecule has 0 radical (unpaired) electrons. The molecule has 1 atom stereocenters. The maximum absolute atomic E-state index is 13.1. The van der Waals surface area contributed by atoms with Gasteiger partial charge in [-0.15, -0.1) is 0 Å². The number of hydrogen-bond acceptors (Lipinski definition) is 4. The molecule has 0 aliphatic carbocycles. The van der Waals surface area contributed by atoms with Crippen LogP contribution in [0.4, 0.5) is 4.39 Å². The number of halogens is 1. The first-order valence-corrected chi connectivity index (χ1v) is 6.94. The molecule has 4 nitrogen and oxygen atoms in total. The predicted octanol–water partition coefficient (Wildman–Crippen LogP) is 2.73. The fraction of sp³-hybridized carbons (Fsp3) is 0.467. The molecule has 1 aromatic carbocycles. The summed E-state index contributed by atoms with van der Waals surface area (Å²) >= 11 is 0. The quantitative estimate of drug-likeness (QED) is 0.845. The Hall–Kier alpha value is -1.75. The number of rotatable bonds is 7. The Morgan fingerprint density at radius 3 is 2.95 bits per heavy atom. The molecule has 1 unspecified atom stereocenters. The maximum atomic E-state index is 13.1. The molecule has 2 rings (SSSR count). The average molecular weight is 277 g/mol. The van der Waals surface area contributed by atoms with Crippen molar-refractivity contribution in [1.29, 1.82) is 0 Å². The first kappa shape index (κ1) is 14.7. The Morgan fingerprint density at radius 1 is 1.40 bits per heavy atom. The first-order chi connectivity index (χ1) is 9.71. The van der Waals surface area contributed by atoms with E-state index in [2.05, 4.69) is 22.4 Å². The average Bonchev–Trinajstić information content (AvgIpc) is 2.85. The molecule has 0 saturated heterocycles. The number of nitrogens with one attached hydrogen (secondary N) is 1. The van der Waals surface area contributed by atoms with Crippen LogP contribution in [0.2, 0.25) is 0 Å². The van der Waals surface area contributed by atoms with E-state index in [9.17, 15) is 4.39 Å². The van der Waals surface area contributed by atoms with E-state index in [0.717, 1.165) is 24.8 Å². The molecule has 0 amide bonds. The lowest BCUT2D eigenvalue weighted by Gasteiger charge is -2.11. The van der Waals surface area contributed by atoms with Crippen LogP contribution < -0.4 is 5.32 Å².